The molecule has 0 aliphatic rings. The Morgan fingerprint density at radius 1 is 1.44 bits per heavy atom. The molecule has 0 aliphatic carbocycles. The maximum absolute atomic E-state index is 10.5. The van der Waals surface area contributed by atoms with Gasteiger partial charge in [0.05, 0.1) is 5.69 Å². The Morgan fingerprint density at radius 3 is 2.75 bits per heavy atom. The molecule has 0 bridgehead atoms. The molecule has 5 heteroatoms. The molecule has 0 saturated carbocycles. The van der Waals surface area contributed by atoms with E-state index < -0.39 is 0 Å². The van der Waals surface area contributed by atoms with Crippen LogP contribution < -0.4 is 11.1 Å². The monoisotopic (exact) mass is 241 g/mol. The number of thiazole rings is 1. The van der Waals surface area contributed by atoms with Crippen molar-refractivity contribution in [3.05, 3.63) is 15.6 Å². The third-order valence-electron chi connectivity index (χ3n) is 2.38. The third-order valence-corrected chi connectivity index (χ3v) is 3.45. The SMILES string of the molecule is Cc1nc(CNCCCCC(N)=O)sc1C. The number of unbranched alkanes of at least 4 members (excludes halogenated alkanes) is 1. The summed E-state index contributed by atoms with van der Waals surface area (Å²) in [5.41, 5.74) is 6.17. The Labute approximate surface area is 100 Å². The number of primary amides is 1. The predicted molar refractivity (Wildman–Crippen MR) is 66.3 cm³/mol. The van der Waals surface area contributed by atoms with E-state index >= 15 is 0 Å². The number of amides is 1. The van der Waals surface area contributed by atoms with E-state index in [-0.39, 0.29) is 5.91 Å². The van der Waals surface area contributed by atoms with Crippen molar-refractivity contribution in [2.24, 2.45) is 5.73 Å². The fourth-order valence-corrected chi connectivity index (χ4v) is 2.26. The molecule has 4 nitrogen and oxygen atoms in total. The van der Waals surface area contributed by atoms with Crippen LogP contribution in [0, 0.1) is 13.8 Å². The largest absolute Gasteiger partial charge is 0.370 e. The maximum atomic E-state index is 10.5. The molecule has 0 saturated heterocycles. The molecule has 3 N–H and O–H groups in total. The first kappa shape index (κ1) is 13.1. The lowest BCUT2D eigenvalue weighted by Gasteiger charge is -2.01. The van der Waals surface area contributed by atoms with Crippen molar-refractivity contribution in [1.82, 2.24) is 10.3 Å². The molecule has 0 atom stereocenters. The minimum absolute atomic E-state index is 0.217. The first-order valence-electron chi connectivity index (χ1n) is 5.51. The highest BCUT2D eigenvalue weighted by Crippen LogP contribution is 2.15. The maximum Gasteiger partial charge on any atom is 0.217 e. The van der Waals surface area contributed by atoms with E-state index in [0.717, 1.165) is 36.6 Å². The number of nitrogens with one attached hydrogen (secondary N) is 1. The quantitative estimate of drug-likeness (QED) is 0.711. The second-order valence-corrected chi connectivity index (χ2v) is 5.14. The highest BCUT2D eigenvalue weighted by molar-refractivity contribution is 7.11. The number of nitrogens with two attached hydrogens (primary N) is 1. The minimum atomic E-state index is -0.217. The van der Waals surface area contributed by atoms with Crippen LogP contribution >= 0.6 is 11.3 Å². The molecule has 1 aromatic heterocycles. The van der Waals surface area contributed by atoms with E-state index in [4.69, 9.17) is 5.73 Å². The highest BCUT2D eigenvalue weighted by atomic mass is 32.1. The van der Waals surface area contributed by atoms with Crippen LogP contribution in [0.5, 0.6) is 0 Å². The van der Waals surface area contributed by atoms with Crippen LogP contribution in [-0.2, 0) is 11.3 Å². The molecular weight excluding hydrogens is 222 g/mol. The van der Waals surface area contributed by atoms with Gasteiger partial charge in [0.1, 0.15) is 5.01 Å². The summed E-state index contributed by atoms with van der Waals surface area (Å²) >= 11 is 1.74. The summed E-state index contributed by atoms with van der Waals surface area (Å²) in [7, 11) is 0. The number of hydrogen-bond donors (Lipinski definition) is 2. The number of nitrogens with zero attached hydrogens (tertiary/aromatic N) is 1. The first-order valence-corrected chi connectivity index (χ1v) is 6.33. The molecule has 0 spiro atoms. The molecule has 1 rings (SSSR count). The molecule has 1 amide bonds. The lowest BCUT2D eigenvalue weighted by Crippen LogP contribution is -2.16. The standard InChI is InChI=1S/C11H19N3OS/c1-8-9(2)16-11(14-8)7-13-6-4-3-5-10(12)15/h13H,3-7H2,1-2H3,(H2,12,15). The van der Waals surface area contributed by atoms with Crippen molar-refractivity contribution in [2.45, 2.75) is 39.7 Å². The van der Waals surface area contributed by atoms with Gasteiger partial charge in [-0.25, -0.2) is 4.98 Å². The molecule has 0 fully saturated rings. The summed E-state index contributed by atoms with van der Waals surface area (Å²) in [5, 5.41) is 4.44. The zero-order valence-corrected chi connectivity index (χ0v) is 10.7. The smallest absolute Gasteiger partial charge is 0.217 e. The van der Waals surface area contributed by atoms with Crippen LogP contribution in [0.4, 0.5) is 0 Å². The number of aromatic nitrogens is 1. The van der Waals surface area contributed by atoms with Crippen molar-refractivity contribution >= 4 is 17.2 Å². The normalized spacial score (nSPS) is 10.6. The summed E-state index contributed by atoms with van der Waals surface area (Å²) in [6, 6.07) is 0. The minimum Gasteiger partial charge on any atom is -0.370 e. The molecule has 1 heterocycles. The topological polar surface area (TPSA) is 68.0 Å². The lowest BCUT2D eigenvalue weighted by molar-refractivity contribution is -0.118. The van der Waals surface area contributed by atoms with Gasteiger partial charge in [0, 0.05) is 17.8 Å². The fraction of sp³-hybridized carbons (Fsp3) is 0.636. The molecule has 0 radical (unpaired) electrons. The van der Waals surface area contributed by atoms with Gasteiger partial charge in [0.25, 0.3) is 0 Å². The van der Waals surface area contributed by atoms with E-state index in [1.807, 2.05) is 6.92 Å². The van der Waals surface area contributed by atoms with E-state index in [0.29, 0.717) is 6.42 Å². The van der Waals surface area contributed by atoms with Crippen LogP contribution in [0.15, 0.2) is 0 Å². The Hall–Kier alpha value is -0.940. The van der Waals surface area contributed by atoms with Gasteiger partial charge in [-0.05, 0) is 33.2 Å². The summed E-state index contributed by atoms with van der Waals surface area (Å²) in [4.78, 5) is 16.2. The van der Waals surface area contributed by atoms with E-state index in [1.54, 1.807) is 11.3 Å². The van der Waals surface area contributed by atoms with Crippen molar-refractivity contribution in [2.75, 3.05) is 6.54 Å². The van der Waals surface area contributed by atoms with Crippen molar-refractivity contribution in [3.63, 3.8) is 0 Å². The van der Waals surface area contributed by atoms with Gasteiger partial charge in [0.15, 0.2) is 0 Å². The van der Waals surface area contributed by atoms with Crippen molar-refractivity contribution < 1.29 is 4.79 Å². The Balaban J connectivity index is 2.09. The number of carbonyl (C=O) groups is 1. The Kier molecular flexibility index (Phi) is 5.42. The number of hydrogen-bond acceptors (Lipinski definition) is 4. The van der Waals surface area contributed by atoms with Gasteiger partial charge < -0.3 is 11.1 Å². The molecule has 0 unspecified atom stereocenters. The van der Waals surface area contributed by atoms with Gasteiger partial charge in [-0.1, -0.05) is 0 Å². The number of carbonyl (C=O) groups excluding carboxylic acids is 1. The third kappa shape index (κ3) is 4.72. The Bertz CT molecular complexity index is 329. The van der Waals surface area contributed by atoms with E-state index in [9.17, 15) is 4.79 Å². The predicted octanol–water partition coefficient (Wildman–Crippen LogP) is 1.51. The average molecular weight is 241 g/mol. The summed E-state index contributed by atoms with van der Waals surface area (Å²) < 4.78 is 0. The number of rotatable bonds is 7. The summed E-state index contributed by atoms with van der Waals surface area (Å²) in [5.74, 6) is -0.217. The van der Waals surface area contributed by atoms with Crippen LogP contribution in [0.2, 0.25) is 0 Å². The molecule has 1 aromatic rings. The first-order chi connectivity index (χ1) is 7.59. The van der Waals surface area contributed by atoms with Gasteiger partial charge in [-0.2, -0.15) is 0 Å². The van der Waals surface area contributed by atoms with Gasteiger partial charge in [-0.3, -0.25) is 4.79 Å². The second kappa shape index (κ2) is 6.60. The molecule has 16 heavy (non-hydrogen) atoms. The molecular formula is C11H19N3OS. The van der Waals surface area contributed by atoms with Gasteiger partial charge in [0.2, 0.25) is 5.91 Å². The summed E-state index contributed by atoms with van der Waals surface area (Å²) in [6.07, 6.45) is 2.32. The molecule has 0 aliphatic heterocycles. The van der Waals surface area contributed by atoms with Gasteiger partial charge in [-0.15, -0.1) is 11.3 Å². The Morgan fingerprint density at radius 2 is 2.19 bits per heavy atom. The van der Waals surface area contributed by atoms with E-state index in [2.05, 4.69) is 17.2 Å². The van der Waals surface area contributed by atoms with Crippen molar-refractivity contribution in [1.29, 1.82) is 0 Å². The average Bonchev–Trinajstić information content (AvgIpc) is 2.52. The number of aryl methyl sites for hydroxylation is 2. The van der Waals surface area contributed by atoms with Crippen LogP contribution in [-0.4, -0.2) is 17.4 Å². The second-order valence-electron chi connectivity index (χ2n) is 3.85. The molecule has 0 aromatic carbocycles. The van der Waals surface area contributed by atoms with Crippen molar-refractivity contribution in [3.8, 4) is 0 Å². The zero-order valence-electron chi connectivity index (χ0n) is 9.88. The van der Waals surface area contributed by atoms with Crippen LogP contribution in [0.1, 0.15) is 34.8 Å². The summed E-state index contributed by atoms with van der Waals surface area (Å²) in [6.45, 7) is 5.84. The fourth-order valence-electron chi connectivity index (χ4n) is 1.36. The van der Waals surface area contributed by atoms with Gasteiger partial charge >= 0.3 is 0 Å². The van der Waals surface area contributed by atoms with Crippen LogP contribution in [0.3, 0.4) is 0 Å². The van der Waals surface area contributed by atoms with Crippen LogP contribution in [0.25, 0.3) is 0 Å². The lowest BCUT2D eigenvalue weighted by atomic mass is 10.2. The zero-order chi connectivity index (χ0) is 12.0. The highest BCUT2D eigenvalue weighted by Gasteiger charge is 2.02. The van der Waals surface area contributed by atoms with E-state index in [1.165, 1.54) is 4.88 Å². The molecule has 90 valence electrons.